The lowest BCUT2D eigenvalue weighted by molar-refractivity contribution is -0.384. The van der Waals surface area contributed by atoms with Crippen LogP contribution < -0.4 is 5.43 Å². The third-order valence-corrected chi connectivity index (χ3v) is 4.72. The molecule has 138 valence electrons. The summed E-state index contributed by atoms with van der Waals surface area (Å²) in [6, 6.07) is 10.7. The summed E-state index contributed by atoms with van der Waals surface area (Å²) in [6.45, 7) is 5.96. The molecule has 27 heavy (non-hydrogen) atoms. The van der Waals surface area contributed by atoms with Crippen LogP contribution in [0.2, 0.25) is 5.02 Å². The van der Waals surface area contributed by atoms with Crippen LogP contribution in [0.15, 0.2) is 47.7 Å². The van der Waals surface area contributed by atoms with E-state index in [1.54, 1.807) is 6.21 Å². The van der Waals surface area contributed by atoms with E-state index in [0.717, 1.165) is 28.2 Å². The van der Waals surface area contributed by atoms with Crippen molar-refractivity contribution < 1.29 is 4.92 Å². The Labute approximate surface area is 161 Å². The summed E-state index contributed by atoms with van der Waals surface area (Å²) in [6.07, 6.45) is 3.09. The number of hydrogen-bond acceptors (Lipinski definition) is 5. The molecule has 1 N–H and O–H groups in total. The van der Waals surface area contributed by atoms with E-state index in [9.17, 15) is 10.1 Å². The zero-order valence-electron chi connectivity index (χ0n) is 15.1. The second-order valence-electron chi connectivity index (χ2n) is 6.04. The van der Waals surface area contributed by atoms with Crippen LogP contribution >= 0.6 is 11.6 Å². The van der Waals surface area contributed by atoms with Crippen molar-refractivity contribution in [2.75, 3.05) is 5.43 Å². The van der Waals surface area contributed by atoms with Crippen LogP contribution in [0.25, 0.3) is 5.69 Å². The average Bonchev–Trinajstić information content (AvgIpc) is 2.91. The van der Waals surface area contributed by atoms with Crippen LogP contribution in [0, 0.1) is 30.9 Å². The molecule has 0 saturated carbocycles. The molecule has 3 aromatic rings. The molecule has 2 aromatic heterocycles. The van der Waals surface area contributed by atoms with Crippen LogP contribution in [0.4, 0.5) is 11.5 Å². The van der Waals surface area contributed by atoms with Gasteiger partial charge in [-0.25, -0.2) is 4.98 Å². The fourth-order valence-electron chi connectivity index (χ4n) is 2.92. The Morgan fingerprint density at radius 3 is 2.78 bits per heavy atom. The molecule has 0 radical (unpaired) electrons. The standard InChI is InChI=1S/C19H18ClN5O2/c1-12-10-15(11-22-23-19-18(25(26)27)8-5-9-21-19)14(3)24(12)17-7-4-6-16(20)13(17)2/h4-11H,1-3H3,(H,21,23)/b22-11-. The number of rotatable bonds is 5. The molecule has 0 atom stereocenters. The molecule has 7 nitrogen and oxygen atoms in total. The monoisotopic (exact) mass is 383 g/mol. The SMILES string of the molecule is Cc1c(Cl)cccc1-n1c(C)cc(/C=N\Nc2ncccc2[N+](=O)[O-])c1C. The number of aromatic nitrogens is 2. The van der Waals surface area contributed by atoms with Gasteiger partial charge in [-0.05, 0) is 50.6 Å². The maximum atomic E-state index is 11.0. The summed E-state index contributed by atoms with van der Waals surface area (Å²) in [5.41, 5.74) is 7.42. The number of benzene rings is 1. The van der Waals surface area contributed by atoms with Crippen molar-refractivity contribution in [3.63, 3.8) is 0 Å². The lowest BCUT2D eigenvalue weighted by atomic mass is 10.2. The predicted octanol–water partition coefficient (Wildman–Crippen LogP) is 4.81. The number of pyridine rings is 1. The highest BCUT2D eigenvalue weighted by molar-refractivity contribution is 6.31. The molecule has 0 bridgehead atoms. The van der Waals surface area contributed by atoms with Crippen LogP contribution in [0.5, 0.6) is 0 Å². The van der Waals surface area contributed by atoms with Gasteiger partial charge in [-0.15, -0.1) is 0 Å². The first-order valence-corrected chi connectivity index (χ1v) is 8.61. The quantitative estimate of drug-likeness (QED) is 0.389. The molecule has 0 amide bonds. The molecule has 0 aliphatic heterocycles. The number of halogens is 1. The van der Waals surface area contributed by atoms with Crippen molar-refractivity contribution in [2.45, 2.75) is 20.8 Å². The number of aryl methyl sites for hydroxylation is 1. The molecule has 0 unspecified atom stereocenters. The Kier molecular flexibility index (Phi) is 5.23. The van der Waals surface area contributed by atoms with E-state index in [1.807, 2.05) is 45.0 Å². The fourth-order valence-corrected chi connectivity index (χ4v) is 3.09. The van der Waals surface area contributed by atoms with Gasteiger partial charge in [-0.2, -0.15) is 5.10 Å². The number of nitrogens with one attached hydrogen (secondary N) is 1. The molecule has 0 aliphatic carbocycles. The number of hydrazone groups is 1. The lowest BCUT2D eigenvalue weighted by Gasteiger charge is -2.13. The highest BCUT2D eigenvalue weighted by Gasteiger charge is 2.14. The fraction of sp³-hybridized carbons (Fsp3) is 0.158. The smallest absolute Gasteiger partial charge is 0.313 e. The van der Waals surface area contributed by atoms with E-state index >= 15 is 0 Å². The molecule has 8 heteroatoms. The van der Waals surface area contributed by atoms with E-state index in [1.165, 1.54) is 18.3 Å². The van der Waals surface area contributed by atoms with Crippen molar-refractivity contribution in [3.8, 4) is 5.69 Å². The van der Waals surface area contributed by atoms with Gasteiger partial charge in [0.25, 0.3) is 0 Å². The second kappa shape index (κ2) is 7.59. The normalized spacial score (nSPS) is 11.1. The largest absolute Gasteiger partial charge is 0.318 e. The van der Waals surface area contributed by atoms with Crippen molar-refractivity contribution in [2.24, 2.45) is 5.10 Å². The first-order valence-electron chi connectivity index (χ1n) is 8.23. The average molecular weight is 384 g/mol. The Morgan fingerprint density at radius 2 is 2.04 bits per heavy atom. The van der Waals surface area contributed by atoms with Crippen molar-refractivity contribution in [3.05, 3.63) is 80.2 Å². The third kappa shape index (κ3) is 3.68. The molecule has 0 aliphatic rings. The van der Waals surface area contributed by atoms with Crippen molar-refractivity contribution >= 4 is 29.3 Å². The molecule has 1 aromatic carbocycles. The Hall–Kier alpha value is -3.19. The van der Waals surface area contributed by atoms with Crippen LogP contribution in [0.3, 0.4) is 0 Å². The van der Waals surface area contributed by atoms with E-state index in [2.05, 4.69) is 20.1 Å². The third-order valence-electron chi connectivity index (χ3n) is 4.31. The van der Waals surface area contributed by atoms with Gasteiger partial charge in [0.15, 0.2) is 0 Å². The molecule has 0 saturated heterocycles. The summed E-state index contributed by atoms with van der Waals surface area (Å²) in [5, 5.41) is 15.9. The van der Waals surface area contributed by atoms with Crippen molar-refractivity contribution in [1.82, 2.24) is 9.55 Å². The molecular weight excluding hydrogens is 366 g/mol. The van der Waals surface area contributed by atoms with Gasteiger partial charge >= 0.3 is 5.69 Å². The summed E-state index contributed by atoms with van der Waals surface area (Å²) >= 11 is 6.26. The Bertz CT molecular complexity index is 1040. The first kappa shape index (κ1) is 18.6. The minimum absolute atomic E-state index is 0.0956. The first-order chi connectivity index (χ1) is 12.9. The van der Waals surface area contributed by atoms with Gasteiger partial charge in [-0.1, -0.05) is 17.7 Å². The summed E-state index contributed by atoms with van der Waals surface area (Å²) in [5.74, 6) is 0.0956. The number of nitro groups is 1. The predicted molar refractivity (Wildman–Crippen MR) is 107 cm³/mol. The molecular formula is C19H18ClN5O2. The van der Waals surface area contributed by atoms with E-state index in [-0.39, 0.29) is 11.5 Å². The van der Waals surface area contributed by atoms with E-state index in [4.69, 9.17) is 11.6 Å². The Balaban J connectivity index is 1.91. The van der Waals surface area contributed by atoms with Gasteiger partial charge in [-0.3, -0.25) is 15.5 Å². The minimum atomic E-state index is -0.501. The molecule has 3 rings (SSSR count). The van der Waals surface area contributed by atoms with Crippen LogP contribution in [0.1, 0.15) is 22.5 Å². The van der Waals surface area contributed by atoms with E-state index < -0.39 is 4.92 Å². The number of anilines is 1. The van der Waals surface area contributed by atoms with Crippen LogP contribution in [-0.2, 0) is 0 Å². The zero-order valence-corrected chi connectivity index (χ0v) is 15.9. The minimum Gasteiger partial charge on any atom is -0.318 e. The maximum Gasteiger partial charge on any atom is 0.313 e. The van der Waals surface area contributed by atoms with Gasteiger partial charge in [0.1, 0.15) is 0 Å². The van der Waals surface area contributed by atoms with Gasteiger partial charge in [0, 0.05) is 39.9 Å². The number of hydrogen-bond donors (Lipinski definition) is 1. The highest BCUT2D eigenvalue weighted by Crippen LogP contribution is 2.27. The van der Waals surface area contributed by atoms with Crippen LogP contribution in [-0.4, -0.2) is 20.7 Å². The Morgan fingerprint density at radius 1 is 1.26 bits per heavy atom. The summed E-state index contributed by atoms with van der Waals surface area (Å²) < 4.78 is 2.10. The topological polar surface area (TPSA) is 85.3 Å². The zero-order chi connectivity index (χ0) is 19.6. The van der Waals surface area contributed by atoms with Gasteiger partial charge in [0.05, 0.1) is 11.1 Å². The lowest BCUT2D eigenvalue weighted by Crippen LogP contribution is -2.02. The van der Waals surface area contributed by atoms with Crippen molar-refractivity contribution in [1.29, 1.82) is 0 Å². The summed E-state index contributed by atoms with van der Waals surface area (Å²) in [7, 11) is 0. The highest BCUT2D eigenvalue weighted by atomic mass is 35.5. The summed E-state index contributed by atoms with van der Waals surface area (Å²) in [4.78, 5) is 14.5. The number of nitrogens with zero attached hydrogens (tertiary/aromatic N) is 4. The molecule has 2 heterocycles. The van der Waals surface area contributed by atoms with E-state index in [0.29, 0.717) is 5.02 Å². The second-order valence-corrected chi connectivity index (χ2v) is 6.45. The van der Waals surface area contributed by atoms with Gasteiger partial charge < -0.3 is 4.57 Å². The maximum absolute atomic E-state index is 11.0. The molecule has 0 fully saturated rings. The molecule has 0 spiro atoms. The van der Waals surface area contributed by atoms with Gasteiger partial charge in [0.2, 0.25) is 5.82 Å².